The third kappa shape index (κ3) is 2.97. The molecule has 1 aliphatic rings. The molecule has 1 aromatic carbocycles. The second-order valence-corrected chi connectivity index (χ2v) is 5.31. The molecule has 2 nitrogen and oxygen atoms in total. The predicted molar refractivity (Wildman–Crippen MR) is 66.3 cm³/mol. The molecular formula is C14H20FNO. The lowest BCUT2D eigenvalue weighted by Crippen LogP contribution is -2.21. The maximum Gasteiger partial charge on any atom is 0.165 e. The van der Waals surface area contributed by atoms with Crippen LogP contribution < -0.4 is 0 Å². The fourth-order valence-electron chi connectivity index (χ4n) is 2.46. The number of nitrogens with zero attached hydrogens (tertiary/aromatic N) is 1. The van der Waals surface area contributed by atoms with Gasteiger partial charge in [0, 0.05) is 13.1 Å². The summed E-state index contributed by atoms with van der Waals surface area (Å²) in [6, 6.07) is 4.65. The molecule has 0 spiro atoms. The van der Waals surface area contributed by atoms with Crippen molar-refractivity contribution in [1.29, 1.82) is 0 Å². The summed E-state index contributed by atoms with van der Waals surface area (Å²) < 4.78 is 13.2. The van der Waals surface area contributed by atoms with Crippen molar-refractivity contribution in [2.24, 2.45) is 11.8 Å². The van der Waals surface area contributed by atoms with Gasteiger partial charge in [0.15, 0.2) is 11.6 Å². The molecule has 2 rings (SSSR count). The van der Waals surface area contributed by atoms with Crippen LogP contribution in [-0.2, 0) is 6.54 Å². The first kappa shape index (κ1) is 12.4. The Morgan fingerprint density at radius 2 is 2.24 bits per heavy atom. The topological polar surface area (TPSA) is 23.5 Å². The minimum atomic E-state index is -0.526. The highest BCUT2D eigenvalue weighted by atomic mass is 19.1. The lowest BCUT2D eigenvalue weighted by molar-refractivity contribution is 0.296. The van der Waals surface area contributed by atoms with Crippen molar-refractivity contribution in [1.82, 2.24) is 4.90 Å². The van der Waals surface area contributed by atoms with Crippen molar-refractivity contribution in [2.75, 3.05) is 13.1 Å². The van der Waals surface area contributed by atoms with Crippen molar-refractivity contribution in [3.63, 3.8) is 0 Å². The fraction of sp³-hybridized carbons (Fsp3) is 0.571. The number of likely N-dealkylation sites (tertiary alicyclic amines) is 1. The summed E-state index contributed by atoms with van der Waals surface area (Å²) in [5.74, 6) is 0.686. The minimum absolute atomic E-state index is 0.268. The molecule has 1 heterocycles. The number of rotatable bonds is 3. The molecule has 1 aliphatic heterocycles. The van der Waals surface area contributed by atoms with Gasteiger partial charge in [-0.05, 0) is 42.5 Å². The van der Waals surface area contributed by atoms with Gasteiger partial charge >= 0.3 is 0 Å². The number of halogens is 1. The van der Waals surface area contributed by atoms with E-state index in [4.69, 9.17) is 5.11 Å². The standard InChI is InChI=1S/C14H20FNO/c1-10(2)12-5-6-16(9-12)8-11-3-4-14(17)13(15)7-11/h3-4,7,10,12,17H,5-6,8-9H2,1-2H3. The Labute approximate surface area is 102 Å². The van der Waals surface area contributed by atoms with E-state index in [1.54, 1.807) is 6.07 Å². The van der Waals surface area contributed by atoms with E-state index in [0.29, 0.717) is 0 Å². The van der Waals surface area contributed by atoms with Crippen LogP contribution in [0.2, 0.25) is 0 Å². The summed E-state index contributed by atoms with van der Waals surface area (Å²) in [4.78, 5) is 2.36. The smallest absolute Gasteiger partial charge is 0.165 e. The molecule has 0 amide bonds. The van der Waals surface area contributed by atoms with Crippen molar-refractivity contribution >= 4 is 0 Å². The van der Waals surface area contributed by atoms with Crippen molar-refractivity contribution in [3.05, 3.63) is 29.6 Å². The second-order valence-electron chi connectivity index (χ2n) is 5.31. The van der Waals surface area contributed by atoms with Crippen molar-refractivity contribution in [3.8, 4) is 5.75 Å². The number of aromatic hydroxyl groups is 1. The SMILES string of the molecule is CC(C)C1CCN(Cc2ccc(O)c(F)c2)C1. The maximum atomic E-state index is 13.2. The molecule has 1 unspecified atom stereocenters. The molecule has 0 aromatic heterocycles. The number of phenolic OH excluding ortho intramolecular Hbond substituents is 1. The summed E-state index contributed by atoms with van der Waals surface area (Å²) in [6.45, 7) is 7.48. The molecule has 17 heavy (non-hydrogen) atoms. The Morgan fingerprint density at radius 3 is 2.82 bits per heavy atom. The first-order chi connectivity index (χ1) is 8.06. The first-order valence-corrected chi connectivity index (χ1v) is 6.26. The normalized spacial score (nSPS) is 21.3. The summed E-state index contributed by atoms with van der Waals surface area (Å²) in [7, 11) is 0. The Kier molecular flexibility index (Phi) is 3.67. The number of hydrogen-bond donors (Lipinski definition) is 1. The molecular weight excluding hydrogens is 217 g/mol. The van der Waals surface area contributed by atoms with Crippen LogP contribution in [0.5, 0.6) is 5.75 Å². The van der Waals surface area contributed by atoms with Gasteiger partial charge in [0.2, 0.25) is 0 Å². The summed E-state index contributed by atoms with van der Waals surface area (Å²) in [5.41, 5.74) is 0.935. The Morgan fingerprint density at radius 1 is 1.47 bits per heavy atom. The van der Waals surface area contributed by atoms with E-state index in [0.717, 1.165) is 37.0 Å². The second kappa shape index (κ2) is 5.05. The zero-order valence-electron chi connectivity index (χ0n) is 10.5. The third-order valence-corrected chi connectivity index (χ3v) is 3.67. The van der Waals surface area contributed by atoms with E-state index in [-0.39, 0.29) is 5.75 Å². The minimum Gasteiger partial charge on any atom is -0.505 e. The summed E-state index contributed by atoms with van der Waals surface area (Å²) in [5, 5.41) is 9.13. The van der Waals surface area contributed by atoms with Crippen LogP contribution in [0.4, 0.5) is 4.39 Å². The van der Waals surface area contributed by atoms with Crippen LogP contribution in [0.25, 0.3) is 0 Å². The van der Waals surface area contributed by atoms with E-state index < -0.39 is 5.82 Å². The molecule has 0 radical (unpaired) electrons. The monoisotopic (exact) mass is 237 g/mol. The number of hydrogen-bond acceptors (Lipinski definition) is 2. The van der Waals surface area contributed by atoms with Gasteiger partial charge in [0.05, 0.1) is 0 Å². The Bertz CT molecular complexity index is 392. The molecule has 1 atom stereocenters. The fourth-order valence-corrected chi connectivity index (χ4v) is 2.46. The van der Waals surface area contributed by atoms with Gasteiger partial charge in [-0.3, -0.25) is 4.90 Å². The highest BCUT2D eigenvalue weighted by molar-refractivity contribution is 5.28. The largest absolute Gasteiger partial charge is 0.505 e. The number of phenols is 1. The molecule has 3 heteroatoms. The highest BCUT2D eigenvalue weighted by Gasteiger charge is 2.24. The quantitative estimate of drug-likeness (QED) is 0.873. The van der Waals surface area contributed by atoms with E-state index in [1.807, 2.05) is 0 Å². The third-order valence-electron chi connectivity index (χ3n) is 3.67. The summed E-state index contributed by atoms with van der Waals surface area (Å²) >= 11 is 0. The van der Waals surface area contributed by atoms with Crippen LogP contribution in [0.1, 0.15) is 25.8 Å². The Balaban J connectivity index is 1.96. The van der Waals surface area contributed by atoms with Gasteiger partial charge in [-0.1, -0.05) is 19.9 Å². The van der Waals surface area contributed by atoms with Gasteiger partial charge in [0.1, 0.15) is 0 Å². The molecule has 94 valence electrons. The Hall–Kier alpha value is -1.09. The van der Waals surface area contributed by atoms with E-state index in [2.05, 4.69) is 18.7 Å². The van der Waals surface area contributed by atoms with Gasteiger partial charge in [0.25, 0.3) is 0 Å². The lowest BCUT2D eigenvalue weighted by Gasteiger charge is -2.18. The van der Waals surface area contributed by atoms with Crippen LogP contribution in [0.15, 0.2) is 18.2 Å². The van der Waals surface area contributed by atoms with Crippen LogP contribution in [-0.4, -0.2) is 23.1 Å². The predicted octanol–water partition coefficient (Wildman–Crippen LogP) is 3.01. The zero-order chi connectivity index (χ0) is 12.4. The van der Waals surface area contributed by atoms with Crippen LogP contribution >= 0.6 is 0 Å². The maximum absolute atomic E-state index is 13.2. The van der Waals surface area contributed by atoms with E-state index in [9.17, 15) is 4.39 Å². The van der Waals surface area contributed by atoms with Crippen LogP contribution in [0, 0.1) is 17.7 Å². The number of benzene rings is 1. The van der Waals surface area contributed by atoms with Crippen molar-refractivity contribution < 1.29 is 9.50 Å². The van der Waals surface area contributed by atoms with E-state index in [1.165, 1.54) is 18.6 Å². The first-order valence-electron chi connectivity index (χ1n) is 6.26. The molecule has 0 saturated carbocycles. The van der Waals surface area contributed by atoms with Crippen molar-refractivity contribution in [2.45, 2.75) is 26.8 Å². The van der Waals surface area contributed by atoms with Crippen LogP contribution in [0.3, 0.4) is 0 Å². The average Bonchev–Trinajstić information content (AvgIpc) is 2.72. The average molecular weight is 237 g/mol. The zero-order valence-corrected chi connectivity index (χ0v) is 10.5. The van der Waals surface area contributed by atoms with Gasteiger partial charge in [-0.2, -0.15) is 0 Å². The van der Waals surface area contributed by atoms with Gasteiger partial charge in [-0.25, -0.2) is 4.39 Å². The molecule has 1 aromatic rings. The summed E-state index contributed by atoms with van der Waals surface area (Å²) in [6.07, 6.45) is 1.23. The lowest BCUT2D eigenvalue weighted by atomic mass is 9.95. The molecule has 0 bridgehead atoms. The highest BCUT2D eigenvalue weighted by Crippen LogP contribution is 2.25. The molecule has 1 saturated heterocycles. The molecule has 1 fully saturated rings. The molecule has 0 aliphatic carbocycles. The van der Waals surface area contributed by atoms with Gasteiger partial charge in [-0.15, -0.1) is 0 Å². The van der Waals surface area contributed by atoms with E-state index >= 15 is 0 Å². The van der Waals surface area contributed by atoms with Gasteiger partial charge < -0.3 is 5.11 Å². The molecule has 1 N–H and O–H groups in total.